The van der Waals surface area contributed by atoms with Crippen LogP contribution in [0, 0.1) is 17.2 Å². The van der Waals surface area contributed by atoms with Gasteiger partial charge in [-0.3, -0.25) is 0 Å². The van der Waals surface area contributed by atoms with Crippen LogP contribution in [0.4, 0.5) is 4.39 Å². The fourth-order valence-corrected chi connectivity index (χ4v) is 0.780. The van der Waals surface area contributed by atoms with Crippen molar-refractivity contribution >= 4 is 0 Å². The summed E-state index contributed by atoms with van der Waals surface area (Å²) in [5.74, 6) is -0.426. The molecule has 0 heterocycles. The summed E-state index contributed by atoms with van der Waals surface area (Å²) in [4.78, 5) is 0. The molecule has 1 rings (SSSR count). The summed E-state index contributed by atoms with van der Waals surface area (Å²) in [5, 5.41) is 8.13. The first-order chi connectivity index (χ1) is 3.75. The zero-order chi connectivity index (χ0) is 6.15. The van der Waals surface area contributed by atoms with Gasteiger partial charge in [0.05, 0.1) is 12.0 Å². The van der Waals surface area contributed by atoms with Gasteiger partial charge in [0.15, 0.2) is 0 Å². The van der Waals surface area contributed by atoms with Crippen molar-refractivity contribution in [1.82, 2.24) is 0 Å². The summed E-state index contributed by atoms with van der Waals surface area (Å²) < 4.78 is 12.2. The summed E-state index contributed by atoms with van der Waals surface area (Å²) in [6.45, 7) is 0. The first kappa shape index (κ1) is 5.52. The van der Waals surface area contributed by atoms with Gasteiger partial charge in [0, 0.05) is 6.04 Å². The normalized spacial score (nSPS) is 44.9. The molecule has 0 amide bonds. The molecule has 2 N–H and O–H groups in total. The maximum absolute atomic E-state index is 12.2. The molecule has 1 fully saturated rings. The fourth-order valence-electron chi connectivity index (χ4n) is 0.780. The molecule has 2 nitrogen and oxygen atoms in total. The minimum Gasteiger partial charge on any atom is -0.325 e. The molecule has 1 aliphatic rings. The summed E-state index contributed by atoms with van der Waals surface area (Å²) in [7, 11) is 0. The standard InChI is InChI=1S/C5H7FN2/c6-5-3(2-7)1-4(5)8/h3-5H,1,8H2/t3?,4?,5-/m1/s1. The molecule has 3 heteroatoms. The van der Waals surface area contributed by atoms with E-state index in [0.29, 0.717) is 6.42 Å². The number of halogens is 1. The highest BCUT2D eigenvalue weighted by atomic mass is 19.1. The van der Waals surface area contributed by atoms with E-state index >= 15 is 0 Å². The highest BCUT2D eigenvalue weighted by molar-refractivity contribution is 5.03. The van der Waals surface area contributed by atoms with Crippen LogP contribution < -0.4 is 5.73 Å². The van der Waals surface area contributed by atoms with Gasteiger partial charge in [0.25, 0.3) is 0 Å². The number of nitrogens with two attached hydrogens (primary N) is 1. The van der Waals surface area contributed by atoms with Crippen molar-refractivity contribution in [1.29, 1.82) is 5.26 Å². The summed E-state index contributed by atoms with van der Waals surface area (Å²) in [5.41, 5.74) is 5.16. The molecule has 2 unspecified atom stereocenters. The van der Waals surface area contributed by atoms with E-state index in [1.807, 2.05) is 6.07 Å². The van der Waals surface area contributed by atoms with Gasteiger partial charge in [0.1, 0.15) is 6.17 Å². The molecule has 3 atom stereocenters. The fraction of sp³-hybridized carbons (Fsp3) is 0.800. The monoisotopic (exact) mass is 114 g/mol. The Bertz CT molecular complexity index is 129. The van der Waals surface area contributed by atoms with Gasteiger partial charge in [-0.05, 0) is 6.42 Å². The number of hydrogen-bond donors (Lipinski definition) is 1. The van der Waals surface area contributed by atoms with Crippen molar-refractivity contribution in [3.05, 3.63) is 0 Å². The van der Waals surface area contributed by atoms with E-state index in [4.69, 9.17) is 11.0 Å². The number of nitriles is 1. The van der Waals surface area contributed by atoms with Gasteiger partial charge in [-0.1, -0.05) is 0 Å². The molecule has 0 aromatic rings. The molecule has 0 radical (unpaired) electrons. The molecule has 1 saturated carbocycles. The molecule has 8 heavy (non-hydrogen) atoms. The first-order valence-electron chi connectivity index (χ1n) is 2.55. The second-order valence-corrected chi connectivity index (χ2v) is 2.08. The summed E-state index contributed by atoms with van der Waals surface area (Å²) >= 11 is 0. The second kappa shape index (κ2) is 1.71. The quantitative estimate of drug-likeness (QED) is 0.489. The van der Waals surface area contributed by atoms with Crippen LogP contribution >= 0.6 is 0 Å². The van der Waals surface area contributed by atoms with E-state index in [2.05, 4.69) is 0 Å². The molecule has 0 aromatic heterocycles. The van der Waals surface area contributed by atoms with E-state index in [0.717, 1.165) is 0 Å². The third-order valence-corrected chi connectivity index (χ3v) is 1.49. The molecular weight excluding hydrogens is 107 g/mol. The van der Waals surface area contributed by atoms with E-state index in [1.54, 1.807) is 0 Å². The summed E-state index contributed by atoms with van der Waals surface area (Å²) in [6, 6.07) is 1.45. The van der Waals surface area contributed by atoms with Gasteiger partial charge in [-0.15, -0.1) is 0 Å². The van der Waals surface area contributed by atoms with Crippen LogP contribution in [0.2, 0.25) is 0 Å². The number of alkyl halides is 1. The van der Waals surface area contributed by atoms with E-state index in [-0.39, 0.29) is 6.04 Å². The Labute approximate surface area is 47.1 Å². The third kappa shape index (κ3) is 0.577. The lowest BCUT2D eigenvalue weighted by atomic mass is 9.80. The first-order valence-corrected chi connectivity index (χ1v) is 2.55. The van der Waals surface area contributed by atoms with Crippen LogP contribution in [-0.2, 0) is 0 Å². The smallest absolute Gasteiger partial charge is 0.131 e. The van der Waals surface area contributed by atoms with Gasteiger partial charge < -0.3 is 5.73 Å². The maximum atomic E-state index is 12.2. The predicted molar refractivity (Wildman–Crippen MR) is 26.6 cm³/mol. The lowest BCUT2D eigenvalue weighted by molar-refractivity contribution is 0.120. The van der Waals surface area contributed by atoms with Crippen molar-refractivity contribution in [2.75, 3.05) is 0 Å². The van der Waals surface area contributed by atoms with Gasteiger partial charge in [-0.2, -0.15) is 5.26 Å². The second-order valence-electron chi connectivity index (χ2n) is 2.08. The molecular formula is C5H7FN2. The Morgan fingerprint density at radius 1 is 1.75 bits per heavy atom. The van der Waals surface area contributed by atoms with Gasteiger partial charge in [-0.25, -0.2) is 4.39 Å². The molecule has 0 spiro atoms. The van der Waals surface area contributed by atoms with E-state index in [1.165, 1.54) is 0 Å². The zero-order valence-corrected chi connectivity index (χ0v) is 4.34. The Morgan fingerprint density at radius 3 is 2.50 bits per heavy atom. The van der Waals surface area contributed by atoms with E-state index < -0.39 is 12.1 Å². The van der Waals surface area contributed by atoms with Crippen LogP contribution in [0.5, 0.6) is 0 Å². The largest absolute Gasteiger partial charge is 0.325 e. The molecule has 0 aliphatic heterocycles. The molecule has 0 aromatic carbocycles. The van der Waals surface area contributed by atoms with Crippen LogP contribution in [-0.4, -0.2) is 12.2 Å². The highest BCUT2D eigenvalue weighted by Crippen LogP contribution is 2.28. The number of nitrogens with zero attached hydrogens (tertiary/aromatic N) is 1. The summed E-state index contributed by atoms with van der Waals surface area (Å²) in [6.07, 6.45) is -0.544. The Balaban J connectivity index is 2.39. The predicted octanol–water partition coefficient (Wildman–Crippen LogP) is 0.195. The molecule has 0 bridgehead atoms. The third-order valence-electron chi connectivity index (χ3n) is 1.49. The lowest BCUT2D eigenvalue weighted by Gasteiger charge is -2.31. The maximum Gasteiger partial charge on any atom is 0.131 e. The van der Waals surface area contributed by atoms with Crippen molar-refractivity contribution in [2.24, 2.45) is 11.7 Å². The highest BCUT2D eigenvalue weighted by Gasteiger charge is 2.38. The Morgan fingerprint density at radius 2 is 2.38 bits per heavy atom. The number of rotatable bonds is 0. The molecule has 1 aliphatic carbocycles. The van der Waals surface area contributed by atoms with Crippen molar-refractivity contribution in [3.8, 4) is 6.07 Å². The van der Waals surface area contributed by atoms with Crippen LogP contribution in [0.3, 0.4) is 0 Å². The number of hydrogen-bond acceptors (Lipinski definition) is 2. The van der Waals surface area contributed by atoms with Crippen LogP contribution in [0.15, 0.2) is 0 Å². The van der Waals surface area contributed by atoms with E-state index in [9.17, 15) is 4.39 Å². The topological polar surface area (TPSA) is 49.8 Å². The van der Waals surface area contributed by atoms with Crippen molar-refractivity contribution in [2.45, 2.75) is 18.6 Å². The van der Waals surface area contributed by atoms with Crippen molar-refractivity contribution < 1.29 is 4.39 Å². The lowest BCUT2D eigenvalue weighted by Crippen LogP contribution is -2.48. The van der Waals surface area contributed by atoms with Crippen molar-refractivity contribution in [3.63, 3.8) is 0 Å². The average molecular weight is 114 g/mol. The SMILES string of the molecule is N#CC1CC(N)[C@@H]1F. The molecule has 0 saturated heterocycles. The van der Waals surface area contributed by atoms with Crippen LogP contribution in [0.25, 0.3) is 0 Å². The Hall–Kier alpha value is -0.620. The minimum absolute atomic E-state index is 0.375. The van der Waals surface area contributed by atoms with Gasteiger partial charge >= 0.3 is 0 Å². The van der Waals surface area contributed by atoms with Gasteiger partial charge in [0.2, 0.25) is 0 Å². The van der Waals surface area contributed by atoms with Crippen LogP contribution in [0.1, 0.15) is 6.42 Å². The Kier molecular flexibility index (Phi) is 1.18. The minimum atomic E-state index is -1.07. The zero-order valence-electron chi connectivity index (χ0n) is 4.34. The molecule has 44 valence electrons. The average Bonchev–Trinajstić information content (AvgIpc) is 1.81.